The van der Waals surface area contributed by atoms with Crippen molar-refractivity contribution in [1.82, 2.24) is 0 Å². The van der Waals surface area contributed by atoms with Crippen LogP contribution in [-0.2, 0) is 9.47 Å². The SMILES string of the molecule is CC1CC(OCCCC(C)(C)C#N)CC(C)O1. The summed E-state index contributed by atoms with van der Waals surface area (Å²) in [6, 6.07) is 2.32. The zero-order valence-electron chi connectivity index (χ0n) is 11.5. The van der Waals surface area contributed by atoms with Crippen molar-refractivity contribution in [2.75, 3.05) is 6.61 Å². The van der Waals surface area contributed by atoms with Crippen molar-refractivity contribution in [3.63, 3.8) is 0 Å². The van der Waals surface area contributed by atoms with Crippen molar-refractivity contribution in [2.45, 2.75) is 71.7 Å². The highest BCUT2D eigenvalue weighted by Gasteiger charge is 2.25. The van der Waals surface area contributed by atoms with Crippen LogP contribution < -0.4 is 0 Å². The maximum absolute atomic E-state index is 8.90. The molecule has 2 atom stereocenters. The van der Waals surface area contributed by atoms with E-state index in [0.717, 1.165) is 32.3 Å². The quantitative estimate of drug-likeness (QED) is 0.691. The van der Waals surface area contributed by atoms with E-state index in [1.807, 2.05) is 13.8 Å². The average Bonchev–Trinajstić information content (AvgIpc) is 2.23. The van der Waals surface area contributed by atoms with Crippen LogP contribution in [0.15, 0.2) is 0 Å². The summed E-state index contributed by atoms with van der Waals surface area (Å²) in [6.07, 6.45) is 4.79. The molecule has 1 saturated heterocycles. The van der Waals surface area contributed by atoms with E-state index in [9.17, 15) is 0 Å². The Hall–Kier alpha value is -0.590. The molecule has 0 saturated carbocycles. The van der Waals surface area contributed by atoms with E-state index >= 15 is 0 Å². The molecular formula is C14H25NO2. The van der Waals surface area contributed by atoms with Crippen LogP contribution in [0.5, 0.6) is 0 Å². The molecule has 1 heterocycles. The zero-order chi connectivity index (χ0) is 12.9. The first-order chi connectivity index (χ1) is 7.93. The largest absolute Gasteiger partial charge is 0.378 e. The van der Waals surface area contributed by atoms with E-state index < -0.39 is 0 Å². The zero-order valence-corrected chi connectivity index (χ0v) is 11.5. The summed E-state index contributed by atoms with van der Waals surface area (Å²) in [6.45, 7) is 8.92. The molecule has 3 heteroatoms. The Bertz CT molecular complexity index is 260. The van der Waals surface area contributed by atoms with Crippen LogP contribution in [0.25, 0.3) is 0 Å². The second kappa shape index (κ2) is 6.37. The molecule has 2 unspecified atom stereocenters. The smallest absolute Gasteiger partial charge is 0.0683 e. The number of hydrogen-bond acceptors (Lipinski definition) is 3. The highest BCUT2D eigenvalue weighted by Crippen LogP contribution is 2.23. The van der Waals surface area contributed by atoms with Crippen molar-refractivity contribution in [3.05, 3.63) is 0 Å². The standard InChI is InChI=1S/C14H25NO2/c1-11-8-13(9-12(2)17-11)16-7-5-6-14(3,4)10-15/h11-13H,5-9H2,1-4H3. The summed E-state index contributed by atoms with van der Waals surface area (Å²) in [5.74, 6) is 0. The molecule has 1 rings (SSSR count). The molecule has 17 heavy (non-hydrogen) atoms. The summed E-state index contributed by atoms with van der Waals surface area (Å²) in [5, 5.41) is 8.90. The number of hydrogen-bond donors (Lipinski definition) is 0. The summed E-state index contributed by atoms with van der Waals surface area (Å²) < 4.78 is 11.5. The normalized spacial score (nSPS) is 29.9. The Kier molecular flexibility index (Phi) is 5.42. The first-order valence-electron chi connectivity index (χ1n) is 6.61. The van der Waals surface area contributed by atoms with Gasteiger partial charge in [0.25, 0.3) is 0 Å². The van der Waals surface area contributed by atoms with Crippen molar-refractivity contribution in [2.24, 2.45) is 5.41 Å². The van der Waals surface area contributed by atoms with Gasteiger partial charge in [-0.1, -0.05) is 0 Å². The molecule has 1 fully saturated rings. The van der Waals surface area contributed by atoms with E-state index in [4.69, 9.17) is 14.7 Å². The fourth-order valence-corrected chi connectivity index (χ4v) is 2.30. The lowest BCUT2D eigenvalue weighted by Crippen LogP contribution is -2.34. The Balaban J connectivity index is 2.17. The van der Waals surface area contributed by atoms with Crippen LogP contribution in [-0.4, -0.2) is 24.9 Å². The number of rotatable bonds is 5. The van der Waals surface area contributed by atoms with E-state index in [2.05, 4.69) is 19.9 Å². The number of nitrogens with zero attached hydrogens (tertiary/aromatic N) is 1. The van der Waals surface area contributed by atoms with Gasteiger partial charge in [0.2, 0.25) is 0 Å². The molecule has 1 aliphatic heterocycles. The molecular weight excluding hydrogens is 214 g/mol. The first-order valence-corrected chi connectivity index (χ1v) is 6.61. The van der Waals surface area contributed by atoms with Gasteiger partial charge < -0.3 is 9.47 Å². The average molecular weight is 239 g/mol. The van der Waals surface area contributed by atoms with Gasteiger partial charge in [0.1, 0.15) is 0 Å². The van der Waals surface area contributed by atoms with E-state index in [1.165, 1.54) is 0 Å². The van der Waals surface area contributed by atoms with Crippen LogP contribution in [0, 0.1) is 16.7 Å². The summed E-state index contributed by atoms with van der Waals surface area (Å²) >= 11 is 0. The molecule has 3 nitrogen and oxygen atoms in total. The molecule has 0 aliphatic carbocycles. The fraction of sp³-hybridized carbons (Fsp3) is 0.929. The van der Waals surface area contributed by atoms with Gasteiger partial charge in [-0.25, -0.2) is 0 Å². The third-order valence-corrected chi connectivity index (χ3v) is 3.26. The van der Waals surface area contributed by atoms with Crippen molar-refractivity contribution in [1.29, 1.82) is 5.26 Å². The monoisotopic (exact) mass is 239 g/mol. The van der Waals surface area contributed by atoms with Gasteiger partial charge >= 0.3 is 0 Å². The van der Waals surface area contributed by atoms with Crippen molar-refractivity contribution >= 4 is 0 Å². The second-order valence-electron chi connectivity index (χ2n) is 5.82. The number of nitriles is 1. The summed E-state index contributed by atoms with van der Waals surface area (Å²) in [5.41, 5.74) is -0.223. The minimum Gasteiger partial charge on any atom is -0.378 e. The van der Waals surface area contributed by atoms with Crippen molar-refractivity contribution in [3.8, 4) is 6.07 Å². The molecule has 0 amide bonds. The third kappa shape index (κ3) is 5.52. The van der Waals surface area contributed by atoms with Gasteiger partial charge in [-0.05, 0) is 53.4 Å². The highest BCUT2D eigenvalue weighted by atomic mass is 16.5. The molecule has 0 spiro atoms. The highest BCUT2D eigenvalue weighted by molar-refractivity contribution is 4.91. The van der Waals surface area contributed by atoms with Crippen LogP contribution in [0.1, 0.15) is 53.4 Å². The molecule has 0 radical (unpaired) electrons. The minimum absolute atomic E-state index is 0.223. The minimum atomic E-state index is -0.223. The molecule has 0 aromatic rings. The van der Waals surface area contributed by atoms with Gasteiger partial charge in [0, 0.05) is 6.61 Å². The molecule has 1 aliphatic rings. The lowest BCUT2D eigenvalue weighted by atomic mass is 9.90. The van der Waals surface area contributed by atoms with Gasteiger partial charge in [0.15, 0.2) is 0 Å². The van der Waals surface area contributed by atoms with E-state index in [-0.39, 0.29) is 5.41 Å². The molecule has 0 aromatic heterocycles. The lowest BCUT2D eigenvalue weighted by molar-refractivity contribution is -0.102. The Morgan fingerprint density at radius 3 is 2.41 bits per heavy atom. The lowest BCUT2D eigenvalue weighted by Gasteiger charge is -2.32. The van der Waals surface area contributed by atoms with Crippen molar-refractivity contribution < 1.29 is 9.47 Å². The predicted octanol–water partition coefficient (Wildman–Crippen LogP) is 3.29. The van der Waals surface area contributed by atoms with Gasteiger partial charge in [-0.3, -0.25) is 0 Å². The van der Waals surface area contributed by atoms with Crippen LogP contribution in [0.3, 0.4) is 0 Å². The molecule has 0 bridgehead atoms. The first kappa shape index (κ1) is 14.5. The van der Waals surface area contributed by atoms with E-state index in [0.29, 0.717) is 18.3 Å². The van der Waals surface area contributed by atoms with Crippen LogP contribution in [0.4, 0.5) is 0 Å². The molecule has 0 aromatic carbocycles. The Labute approximate surface area is 105 Å². The summed E-state index contributed by atoms with van der Waals surface area (Å²) in [4.78, 5) is 0. The topological polar surface area (TPSA) is 42.2 Å². The van der Waals surface area contributed by atoms with E-state index in [1.54, 1.807) is 0 Å². The second-order valence-corrected chi connectivity index (χ2v) is 5.82. The van der Waals surface area contributed by atoms with Gasteiger partial charge in [-0.2, -0.15) is 5.26 Å². The molecule has 98 valence electrons. The fourth-order valence-electron chi connectivity index (χ4n) is 2.30. The Morgan fingerprint density at radius 2 is 1.88 bits per heavy atom. The molecule has 0 N–H and O–H groups in total. The predicted molar refractivity (Wildman–Crippen MR) is 67.6 cm³/mol. The van der Waals surface area contributed by atoms with Gasteiger partial charge in [-0.15, -0.1) is 0 Å². The maximum atomic E-state index is 8.90. The van der Waals surface area contributed by atoms with Crippen LogP contribution >= 0.6 is 0 Å². The van der Waals surface area contributed by atoms with Gasteiger partial charge in [0.05, 0.1) is 29.8 Å². The third-order valence-electron chi connectivity index (χ3n) is 3.26. The van der Waals surface area contributed by atoms with Crippen LogP contribution in [0.2, 0.25) is 0 Å². The summed E-state index contributed by atoms with van der Waals surface area (Å²) in [7, 11) is 0. The number of ether oxygens (including phenoxy) is 2. The maximum Gasteiger partial charge on any atom is 0.0683 e. The Morgan fingerprint density at radius 1 is 1.29 bits per heavy atom.